The normalized spacial score (nSPS) is 10.6. The third-order valence-electron chi connectivity index (χ3n) is 6.83. The number of anilines is 3. The number of nitro benzene ring substituents is 1. The van der Waals surface area contributed by atoms with Gasteiger partial charge in [-0.05, 0) is 119 Å². The fourth-order valence-electron chi connectivity index (χ4n) is 4.49. The summed E-state index contributed by atoms with van der Waals surface area (Å²) in [6, 6.07) is 27.8. The van der Waals surface area contributed by atoms with Crippen molar-refractivity contribution in [2.75, 3.05) is 16.4 Å². The van der Waals surface area contributed by atoms with Crippen LogP contribution >= 0.6 is 31.9 Å². The Hall–Kier alpha value is -5.20. The van der Waals surface area contributed by atoms with Gasteiger partial charge >= 0.3 is 0 Å². The van der Waals surface area contributed by atoms with Crippen molar-refractivity contribution in [3.63, 3.8) is 0 Å². The predicted octanol–water partition coefficient (Wildman–Crippen LogP) is 8.61. The van der Waals surface area contributed by atoms with Gasteiger partial charge < -0.3 is 16.4 Å². The molecule has 230 valence electrons. The zero-order valence-corrected chi connectivity index (χ0v) is 27.7. The molecule has 46 heavy (non-hydrogen) atoms. The summed E-state index contributed by atoms with van der Waals surface area (Å²) in [7, 11) is 0. The molecule has 0 saturated carbocycles. The number of hydrogen-bond donors (Lipinski definition) is 3. The monoisotopic (exact) mass is 740 g/mol. The van der Waals surface area contributed by atoms with E-state index >= 15 is 0 Å². The van der Waals surface area contributed by atoms with E-state index in [0.29, 0.717) is 32.7 Å². The van der Waals surface area contributed by atoms with Gasteiger partial charge in [0.05, 0.1) is 27.3 Å². The van der Waals surface area contributed by atoms with Crippen LogP contribution in [0.4, 0.5) is 22.7 Å². The van der Waals surface area contributed by atoms with Crippen molar-refractivity contribution in [3.05, 3.63) is 139 Å². The molecule has 6 aromatic rings. The number of carbonyl (C=O) groups excluding carboxylic acids is 2. The highest BCUT2D eigenvalue weighted by molar-refractivity contribution is 9.11. The van der Waals surface area contributed by atoms with Crippen LogP contribution in [0.3, 0.4) is 0 Å². The molecular formula is C34H26Br2N6O4. The van der Waals surface area contributed by atoms with Crippen molar-refractivity contribution in [2.45, 2.75) is 13.8 Å². The van der Waals surface area contributed by atoms with Crippen LogP contribution in [0.5, 0.6) is 0 Å². The number of benzene rings is 4. The van der Waals surface area contributed by atoms with Gasteiger partial charge in [0.15, 0.2) is 0 Å². The molecule has 0 atom stereocenters. The Morgan fingerprint density at radius 1 is 0.674 bits per heavy atom. The Bertz CT molecular complexity index is 2160. The van der Waals surface area contributed by atoms with Crippen molar-refractivity contribution in [2.24, 2.45) is 0 Å². The highest BCUT2D eigenvalue weighted by Gasteiger charge is 2.14. The Morgan fingerprint density at radius 3 is 1.65 bits per heavy atom. The van der Waals surface area contributed by atoms with Crippen molar-refractivity contribution in [1.29, 1.82) is 0 Å². The number of aromatic nitrogens is 2. The highest BCUT2D eigenvalue weighted by Crippen LogP contribution is 2.28. The number of fused-ring (bicyclic) bond motifs is 2. The van der Waals surface area contributed by atoms with Crippen LogP contribution in [-0.2, 0) is 0 Å². The molecule has 2 amide bonds. The van der Waals surface area contributed by atoms with Gasteiger partial charge in [0.2, 0.25) is 0 Å². The molecule has 0 spiro atoms. The van der Waals surface area contributed by atoms with Crippen molar-refractivity contribution in [1.82, 2.24) is 9.97 Å². The molecule has 10 nitrogen and oxygen atoms in total. The largest absolute Gasteiger partial charge is 0.399 e. The molecule has 2 aromatic heterocycles. The van der Waals surface area contributed by atoms with Crippen LogP contribution in [0.1, 0.15) is 32.1 Å². The molecule has 2 heterocycles. The van der Waals surface area contributed by atoms with E-state index in [1.54, 1.807) is 42.5 Å². The minimum absolute atomic E-state index is 0.0910. The minimum Gasteiger partial charge on any atom is -0.399 e. The number of nitrogens with one attached hydrogen (secondary N) is 2. The number of hydrogen-bond acceptors (Lipinski definition) is 7. The van der Waals surface area contributed by atoms with E-state index in [0.717, 1.165) is 37.7 Å². The summed E-state index contributed by atoms with van der Waals surface area (Å²) in [6.07, 6.45) is 0. The van der Waals surface area contributed by atoms with Crippen LogP contribution in [0.2, 0.25) is 0 Å². The van der Waals surface area contributed by atoms with Gasteiger partial charge in [0, 0.05) is 60.1 Å². The van der Waals surface area contributed by atoms with Crippen molar-refractivity contribution < 1.29 is 14.5 Å². The number of pyridine rings is 2. The first-order chi connectivity index (χ1) is 22.0. The summed E-state index contributed by atoms with van der Waals surface area (Å²) in [5.74, 6) is -0.535. The molecule has 4 aromatic carbocycles. The zero-order chi connectivity index (χ0) is 33.0. The topological polar surface area (TPSA) is 153 Å². The maximum atomic E-state index is 12.4. The fourth-order valence-corrected chi connectivity index (χ4v) is 5.18. The van der Waals surface area contributed by atoms with E-state index in [9.17, 15) is 19.7 Å². The summed E-state index contributed by atoms with van der Waals surface area (Å²) in [6.45, 7) is 3.84. The van der Waals surface area contributed by atoms with E-state index in [2.05, 4.69) is 52.5 Å². The number of halogens is 2. The molecule has 6 rings (SSSR count). The predicted molar refractivity (Wildman–Crippen MR) is 188 cm³/mol. The van der Waals surface area contributed by atoms with E-state index in [4.69, 9.17) is 5.73 Å². The third kappa shape index (κ3) is 7.71. The molecule has 0 aliphatic carbocycles. The maximum Gasteiger partial charge on any atom is 0.271 e. The molecule has 12 heteroatoms. The van der Waals surface area contributed by atoms with Crippen LogP contribution < -0.4 is 16.4 Å². The second kappa shape index (κ2) is 13.8. The molecule has 0 fully saturated rings. The molecule has 0 saturated heterocycles. The Kier molecular flexibility index (Phi) is 9.69. The molecular weight excluding hydrogens is 716 g/mol. The molecule has 4 N–H and O–H groups in total. The number of nitrogens with two attached hydrogens (primary N) is 1. The first kappa shape index (κ1) is 32.2. The van der Waals surface area contributed by atoms with Gasteiger partial charge in [-0.1, -0.05) is 12.1 Å². The summed E-state index contributed by atoms with van der Waals surface area (Å²) >= 11 is 6.68. The highest BCUT2D eigenvalue weighted by atomic mass is 79.9. The van der Waals surface area contributed by atoms with Gasteiger partial charge in [0.25, 0.3) is 17.5 Å². The van der Waals surface area contributed by atoms with E-state index < -0.39 is 4.92 Å². The van der Waals surface area contributed by atoms with Crippen LogP contribution in [0.15, 0.2) is 106 Å². The lowest BCUT2D eigenvalue weighted by molar-refractivity contribution is -0.384. The van der Waals surface area contributed by atoms with Gasteiger partial charge in [0.1, 0.15) is 0 Å². The number of amides is 2. The third-order valence-corrected chi connectivity index (χ3v) is 8.21. The van der Waals surface area contributed by atoms with Crippen molar-refractivity contribution >= 4 is 88.2 Å². The molecule has 0 radical (unpaired) electrons. The average molecular weight is 742 g/mol. The SMILES string of the molecule is Cc1ccc2cc(C(=O)Nc3cc(N)ccc3Br)ccc2n1.Cc1ccc2cc(C(=O)Nc3cc([N+](=O)[O-])ccc3Br)ccc2n1. The lowest BCUT2D eigenvalue weighted by atomic mass is 10.1. The van der Waals surface area contributed by atoms with Gasteiger partial charge in [-0.2, -0.15) is 0 Å². The number of rotatable bonds is 5. The molecule has 0 aliphatic rings. The molecule has 0 aliphatic heterocycles. The molecule has 0 bridgehead atoms. The fraction of sp³-hybridized carbons (Fsp3) is 0.0588. The number of nitrogens with zero attached hydrogens (tertiary/aromatic N) is 3. The Morgan fingerprint density at radius 2 is 1.15 bits per heavy atom. The standard InChI is InChI=1S/C17H12BrN3O3.C17H14BrN3O/c1-10-2-3-11-8-12(4-7-15(11)19-10)17(22)20-16-9-13(21(23)24)5-6-14(16)18;1-10-2-3-11-8-12(4-7-15(11)20-10)17(22)21-16-9-13(19)5-6-14(16)18/h2-9H,1H3,(H,20,22);2-9H,19H2,1H3,(H,21,22). The van der Waals surface area contributed by atoms with Crippen LogP contribution in [-0.4, -0.2) is 26.7 Å². The number of non-ortho nitro benzene ring substituents is 1. The number of nitrogen functional groups attached to an aromatic ring is 1. The van der Waals surface area contributed by atoms with Gasteiger partial charge in [-0.3, -0.25) is 29.7 Å². The lowest BCUT2D eigenvalue weighted by Gasteiger charge is -2.09. The number of carbonyl (C=O) groups is 2. The second-order valence-corrected chi connectivity index (χ2v) is 12.0. The molecule has 0 unspecified atom stereocenters. The first-order valence-electron chi connectivity index (χ1n) is 13.8. The summed E-state index contributed by atoms with van der Waals surface area (Å²) in [4.78, 5) is 44.0. The number of aryl methyl sites for hydroxylation is 2. The van der Waals surface area contributed by atoms with E-state index in [1.807, 2.05) is 50.2 Å². The smallest absolute Gasteiger partial charge is 0.271 e. The van der Waals surface area contributed by atoms with E-state index in [1.165, 1.54) is 18.2 Å². The summed E-state index contributed by atoms with van der Waals surface area (Å²) in [5, 5.41) is 18.2. The van der Waals surface area contributed by atoms with E-state index in [-0.39, 0.29) is 17.5 Å². The van der Waals surface area contributed by atoms with Gasteiger partial charge in [-0.25, -0.2) is 0 Å². The first-order valence-corrected chi connectivity index (χ1v) is 15.4. The Balaban J connectivity index is 0.000000182. The van der Waals surface area contributed by atoms with Crippen LogP contribution in [0, 0.1) is 24.0 Å². The second-order valence-electron chi connectivity index (χ2n) is 10.3. The summed E-state index contributed by atoms with van der Waals surface area (Å²) in [5.41, 5.74) is 11.8. The number of nitro groups is 1. The maximum absolute atomic E-state index is 12.4. The van der Waals surface area contributed by atoms with Crippen LogP contribution in [0.25, 0.3) is 21.8 Å². The minimum atomic E-state index is -0.508. The summed E-state index contributed by atoms with van der Waals surface area (Å²) < 4.78 is 1.35. The average Bonchev–Trinajstić information content (AvgIpc) is 3.03. The zero-order valence-electron chi connectivity index (χ0n) is 24.5. The quantitative estimate of drug-likeness (QED) is 0.0909. The lowest BCUT2D eigenvalue weighted by Crippen LogP contribution is -2.12. The Labute approximate surface area is 280 Å². The van der Waals surface area contributed by atoms with Crippen molar-refractivity contribution in [3.8, 4) is 0 Å². The van der Waals surface area contributed by atoms with Gasteiger partial charge in [-0.15, -0.1) is 0 Å².